The molecule has 0 aliphatic heterocycles. The maximum atomic E-state index is 13.2. The van der Waals surface area contributed by atoms with E-state index in [1.165, 1.54) is 0 Å². The summed E-state index contributed by atoms with van der Waals surface area (Å²) in [4.78, 5) is 22.7. The molecule has 150 valence electrons. The first-order valence-corrected chi connectivity index (χ1v) is 11.1. The number of hydrogen-bond acceptors (Lipinski definition) is 5. The first-order valence-electron chi connectivity index (χ1n) is 10.3. The van der Waals surface area contributed by atoms with Crippen LogP contribution < -0.4 is 0 Å². The number of benzene rings is 2. The molecule has 0 N–H and O–H groups in total. The van der Waals surface area contributed by atoms with Crippen LogP contribution in [0.2, 0.25) is 0 Å². The van der Waals surface area contributed by atoms with E-state index in [9.17, 15) is 4.79 Å². The molecule has 5 heteroatoms. The van der Waals surface area contributed by atoms with Crippen LogP contribution >= 0.6 is 11.3 Å². The number of carbonyl (C=O) groups is 1. The molecule has 2 aromatic heterocycles. The van der Waals surface area contributed by atoms with Crippen molar-refractivity contribution in [3.8, 4) is 10.6 Å². The minimum absolute atomic E-state index is 0.170. The van der Waals surface area contributed by atoms with Crippen LogP contribution in [0.3, 0.4) is 0 Å². The Morgan fingerprint density at radius 2 is 1.90 bits per heavy atom. The SMILES string of the molecule is CC1CCc2nc3ccccc3c(C(=O)OCc3csc(-c4ccccc4)n3)c2C1. The average molecular weight is 415 g/mol. The topological polar surface area (TPSA) is 52.1 Å². The van der Waals surface area contributed by atoms with Crippen LogP contribution in [0.15, 0.2) is 60.0 Å². The molecule has 2 heterocycles. The normalized spacial score (nSPS) is 15.7. The number of aryl methyl sites for hydroxylation is 1. The Labute approximate surface area is 179 Å². The smallest absolute Gasteiger partial charge is 0.339 e. The summed E-state index contributed by atoms with van der Waals surface area (Å²) < 4.78 is 5.75. The van der Waals surface area contributed by atoms with Gasteiger partial charge in [0.2, 0.25) is 0 Å². The van der Waals surface area contributed by atoms with Gasteiger partial charge in [-0.25, -0.2) is 9.78 Å². The Morgan fingerprint density at radius 1 is 1.10 bits per heavy atom. The molecule has 1 aliphatic rings. The van der Waals surface area contributed by atoms with Gasteiger partial charge >= 0.3 is 5.97 Å². The Morgan fingerprint density at radius 3 is 2.77 bits per heavy atom. The highest BCUT2D eigenvalue weighted by atomic mass is 32.1. The molecular weight excluding hydrogens is 392 g/mol. The molecule has 0 radical (unpaired) electrons. The number of hydrogen-bond donors (Lipinski definition) is 0. The van der Waals surface area contributed by atoms with Gasteiger partial charge in [0.05, 0.1) is 16.8 Å². The molecule has 0 spiro atoms. The molecule has 0 saturated carbocycles. The van der Waals surface area contributed by atoms with E-state index in [-0.39, 0.29) is 12.6 Å². The fraction of sp³-hybridized carbons (Fsp3) is 0.240. The third kappa shape index (κ3) is 3.61. The quantitative estimate of drug-likeness (QED) is 0.394. The van der Waals surface area contributed by atoms with Crippen molar-refractivity contribution in [1.29, 1.82) is 0 Å². The summed E-state index contributed by atoms with van der Waals surface area (Å²) >= 11 is 1.56. The number of nitrogens with zero attached hydrogens (tertiary/aromatic N) is 2. The molecule has 0 fully saturated rings. The number of para-hydroxylation sites is 1. The van der Waals surface area contributed by atoms with E-state index in [4.69, 9.17) is 9.72 Å². The molecule has 4 nitrogen and oxygen atoms in total. The van der Waals surface area contributed by atoms with E-state index < -0.39 is 0 Å². The highest BCUT2D eigenvalue weighted by molar-refractivity contribution is 7.13. The van der Waals surface area contributed by atoms with E-state index in [0.717, 1.165) is 57.7 Å². The second-order valence-corrected chi connectivity index (χ2v) is 8.72. The Bertz CT molecular complexity index is 1220. The van der Waals surface area contributed by atoms with Crippen molar-refractivity contribution in [2.45, 2.75) is 32.8 Å². The molecule has 2 aromatic carbocycles. The summed E-state index contributed by atoms with van der Waals surface area (Å²) in [6, 6.07) is 17.9. The highest BCUT2D eigenvalue weighted by Crippen LogP contribution is 2.32. The van der Waals surface area contributed by atoms with E-state index >= 15 is 0 Å². The second-order valence-electron chi connectivity index (χ2n) is 7.86. The van der Waals surface area contributed by atoms with Gasteiger partial charge in [-0.1, -0.05) is 55.5 Å². The average Bonchev–Trinajstić information content (AvgIpc) is 3.26. The number of fused-ring (bicyclic) bond motifs is 2. The Hall–Kier alpha value is -3.05. The standard InChI is InChI=1S/C25H22N2O2S/c1-16-11-12-22-20(13-16)23(19-9-5-6-10-21(19)27-22)25(28)29-14-18-15-30-24(26-18)17-7-3-2-4-8-17/h2-10,15-16H,11-14H2,1H3. The summed E-state index contributed by atoms with van der Waals surface area (Å²) in [5.74, 6) is 0.257. The van der Waals surface area contributed by atoms with Crippen LogP contribution in [0.5, 0.6) is 0 Å². The maximum Gasteiger partial charge on any atom is 0.339 e. The van der Waals surface area contributed by atoms with E-state index in [2.05, 4.69) is 11.9 Å². The van der Waals surface area contributed by atoms with Crippen LogP contribution in [-0.2, 0) is 24.2 Å². The molecule has 1 aliphatic carbocycles. The zero-order chi connectivity index (χ0) is 20.5. The minimum Gasteiger partial charge on any atom is -0.456 e. The lowest BCUT2D eigenvalue weighted by molar-refractivity contribution is 0.0469. The zero-order valence-electron chi connectivity index (χ0n) is 16.8. The van der Waals surface area contributed by atoms with Crippen molar-refractivity contribution >= 4 is 28.2 Å². The van der Waals surface area contributed by atoms with E-state index in [1.54, 1.807) is 11.3 Å². The van der Waals surface area contributed by atoms with Crippen LogP contribution in [0.1, 0.15) is 40.7 Å². The minimum atomic E-state index is -0.284. The van der Waals surface area contributed by atoms with Crippen molar-refractivity contribution in [2.24, 2.45) is 5.92 Å². The van der Waals surface area contributed by atoms with E-state index in [0.29, 0.717) is 11.5 Å². The first kappa shape index (κ1) is 18.9. The monoisotopic (exact) mass is 414 g/mol. The summed E-state index contributed by atoms with van der Waals surface area (Å²) in [5, 5.41) is 3.76. The van der Waals surface area contributed by atoms with Crippen molar-refractivity contribution < 1.29 is 9.53 Å². The molecule has 0 saturated heterocycles. The zero-order valence-corrected chi connectivity index (χ0v) is 17.6. The van der Waals surface area contributed by atoms with Gasteiger partial charge in [0.1, 0.15) is 11.6 Å². The highest BCUT2D eigenvalue weighted by Gasteiger charge is 2.26. The van der Waals surface area contributed by atoms with E-state index in [1.807, 2.05) is 60.0 Å². The van der Waals surface area contributed by atoms with Gasteiger partial charge in [-0.15, -0.1) is 11.3 Å². The lowest BCUT2D eigenvalue weighted by Crippen LogP contribution is -2.19. The lowest BCUT2D eigenvalue weighted by Gasteiger charge is -2.24. The van der Waals surface area contributed by atoms with Crippen LogP contribution in [0.25, 0.3) is 21.5 Å². The molecule has 1 atom stereocenters. The number of thiazole rings is 1. The Kier molecular flexibility index (Phi) is 5.05. The number of rotatable bonds is 4. The first-order chi connectivity index (χ1) is 14.7. The molecule has 0 bridgehead atoms. The van der Waals surface area contributed by atoms with Crippen LogP contribution in [0.4, 0.5) is 0 Å². The number of ether oxygens (including phenoxy) is 1. The third-order valence-electron chi connectivity index (χ3n) is 5.63. The van der Waals surface area contributed by atoms with Gasteiger partial charge in [0.25, 0.3) is 0 Å². The van der Waals surface area contributed by atoms with Gasteiger partial charge < -0.3 is 4.74 Å². The van der Waals surface area contributed by atoms with Crippen molar-refractivity contribution in [2.75, 3.05) is 0 Å². The molecule has 4 aromatic rings. The molecule has 30 heavy (non-hydrogen) atoms. The number of aromatic nitrogens is 2. The number of carbonyl (C=O) groups excluding carboxylic acids is 1. The third-order valence-corrected chi connectivity index (χ3v) is 6.57. The van der Waals surface area contributed by atoms with Gasteiger partial charge in [0.15, 0.2) is 0 Å². The number of esters is 1. The molecule has 1 unspecified atom stereocenters. The van der Waals surface area contributed by atoms with Gasteiger partial charge in [0, 0.05) is 22.0 Å². The van der Waals surface area contributed by atoms with Crippen molar-refractivity contribution in [3.63, 3.8) is 0 Å². The largest absolute Gasteiger partial charge is 0.456 e. The number of pyridine rings is 1. The summed E-state index contributed by atoms with van der Waals surface area (Å²) in [6.07, 6.45) is 2.88. The fourth-order valence-electron chi connectivity index (χ4n) is 4.09. The van der Waals surface area contributed by atoms with Gasteiger partial charge in [-0.2, -0.15) is 0 Å². The van der Waals surface area contributed by atoms with Gasteiger partial charge in [-0.05, 0) is 36.8 Å². The van der Waals surface area contributed by atoms with Crippen molar-refractivity contribution in [1.82, 2.24) is 9.97 Å². The summed E-state index contributed by atoms with van der Waals surface area (Å²) in [6.45, 7) is 2.40. The lowest BCUT2D eigenvalue weighted by atomic mass is 9.84. The fourth-order valence-corrected chi connectivity index (χ4v) is 4.90. The summed E-state index contributed by atoms with van der Waals surface area (Å²) in [5.41, 5.74) is 5.48. The van der Waals surface area contributed by atoms with Crippen molar-refractivity contribution in [3.05, 3.63) is 82.5 Å². The predicted octanol–water partition coefficient (Wildman–Crippen LogP) is 5.84. The predicted molar refractivity (Wildman–Crippen MR) is 120 cm³/mol. The molecule has 0 amide bonds. The van der Waals surface area contributed by atoms with Gasteiger partial charge in [-0.3, -0.25) is 4.98 Å². The van der Waals surface area contributed by atoms with Crippen LogP contribution in [-0.4, -0.2) is 15.9 Å². The molecular formula is C25H22N2O2S. The summed E-state index contributed by atoms with van der Waals surface area (Å²) in [7, 11) is 0. The Balaban J connectivity index is 1.43. The second kappa shape index (κ2) is 8.00. The molecule has 5 rings (SSSR count). The van der Waals surface area contributed by atoms with Crippen LogP contribution in [0, 0.1) is 5.92 Å². The maximum absolute atomic E-state index is 13.2.